The number of amides is 1. The van der Waals surface area contributed by atoms with Crippen molar-refractivity contribution >= 4 is 32.5 Å². The zero-order valence-corrected chi connectivity index (χ0v) is 18.1. The second kappa shape index (κ2) is 9.37. The van der Waals surface area contributed by atoms with Crippen molar-refractivity contribution in [2.75, 3.05) is 4.72 Å². The summed E-state index contributed by atoms with van der Waals surface area (Å²) in [6, 6.07) is 13.9. The third-order valence-corrected chi connectivity index (χ3v) is 6.19. The molecule has 2 aromatic heterocycles. The van der Waals surface area contributed by atoms with E-state index in [1.807, 2.05) is 6.07 Å². The van der Waals surface area contributed by atoms with Crippen LogP contribution in [-0.4, -0.2) is 24.3 Å². The highest BCUT2D eigenvalue weighted by atomic mass is 32.2. The minimum Gasteiger partial charge on any atom is -0.360 e. The molecule has 0 unspecified atom stereocenters. The Balaban J connectivity index is 1.44. The summed E-state index contributed by atoms with van der Waals surface area (Å²) in [6.07, 6.45) is 2.79. The number of halogens is 2. The summed E-state index contributed by atoms with van der Waals surface area (Å²) in [5.41, 5.74) is 0.995. The number of aromatic nitrogens is 2. The van der Waals surface area contributed by atoms with Crippen molar-refractivity contribution < 1.29 is 22.0 Å². The Morgan fingerprint density at radius 1 is 1.06 bits per heavy atom. The van der Waals surface area contributed by atoms with Gasteiger partial charge in [-0.25, -0.2) is 17.2 Å². The molecule has 10 heteroatoms. The molecule has 2 aromatic carbocycles. The van der Waals surface area contributed by atoms with E-state index in [4.69, 9.17) is 0 Å². The van der Waals surface area contributed by atoms with Crippen LogP contribution in [0.15, 0.2) is 67.0 Å². The molecule has 7 nitrogen and oxygen atoms in total. The molecular weight excluding hydrogens is 450 g/mol. The maximum atomic E-state index is 14.9. The normalized spacial score (nSPS) is 11.5. The molecule has 1 amide bonds. The lowest BCUT2D eigenvalue weighted by molar-refractivity contribution is -0.120. The molecule has 3 N–H and O–H groups in total. The molecule has 0 spiro atoms. The second-order valence-corrected chi connectivity index (χ2v) is 9.15. The molecule has 2 heterocycles. The number of fused-ring (bicyclic) bond motifs is 1. The van der Waals surface area contributed by atoms with E-state index in [0.29, 0.717) is 11.3 Å². The molecule has 0 aliphatic rings. The lowest BCUT2D eigenvalue weighted by Crippen LogP contribution is -2.26. The van der Waals surface area contributed by atoms with E-state index in [-0.39, 0.29) is 12.3 Å². The van der Waals surface area contributed by atoms with Gasteiger partial charge in [-0.1, -0.05) is 30.3 Å². The number of rotatable bonds is 8. The van der Waals surface area contributed by atoms with Gasteiger partial charge in [0.1, 0.15) is 5.82 Å². The van der Waals surface area contributed by atoms with Crippen LogP contribution in [0.25, 0.3) is 10.9 Å². The zero-order chi connectivity index (χ0) is 23.4. The van der Waals surface area contributed by atoms with Gasteiger partial charge in [-0.15, -0.1) is 0 Å². The average Bonchev–Trinajstić information content (AvgIpc) is 3.25. The SMILES string of the molecule is O=C(Cc1c(F)ccc(NS(=O)(=O)Cc2ccccc2)c1F)NCc1cc2cc[nH]c2cn1. The number of aromatic amines is 1. The highest BCUT2D eigenvalue weighted by Crippen LogP contribution is 2.23. The van der Waals surface area contributed by atoms with Crippen molar-refractivity contribution in [2.24, 2.45) is 0 Å². The van der Waals surface area contributed by atoms with E-state index >= 15 is 0 Å². The molecule has 0 saturated carbocycles. The van der Waals surface area contributed by atoms with Crippen molar-refractivity contribution in [3.05, 3.63) is 95.4 Å². The molecule has 33 heavy (non-hydrogen) atoms. The zero-order valence-electron chi connectivity index (χ0n) is 17.3. The minimum absolute atomic E-state index is 0.0760. The maximum absolute atomic E-state index is 14.9. The molecule has 4 aromatic rings. The van der Waals surface area contributed by atoms with Crippen LogP contribution < -0.4 is 10.0 Å². The number of hydrogen-bond acceptors (Lipinski definition) is 4. The third-order valence-electron chi connectivity index (χ3n) is 4.95. The van der Waals surface area contributed by atoms with E-state index in [0.717, 1.165) is 23.0 Å². The number of nitrogens with one attached hydrogen (secondary N) is 3. The second-order valence-electron chi connectivity index (χ2n) is 7.43. The number of benzene rings is 2. The molecule has 0 bridgehead atoms. The van der Waals surface area contributed by atoms with Gasteiger partial charge in [0.25, 0.3) is 0 Å². The number of H-pyrrole nitrogens is 1. The number of hydrogen-bond donors (Lipinski definition) is 3. The molecular formula is C23H20F2N4O3S. The quantitative estimate of drug-likeness (QED) is 0.366. The van der Waals surface area contributed by atoms with Crippen LogP contribution in [0.5, 0.6) is 0 Å². The molecule has 0 fully saturated rings. The van der Waals surface area contributed by atoms with Crippen LogP contribution >= 0.6 is 0 Å². The summed E-state index contributed by atoms with van der Waals surface area (Å²) >= 11 is 0. The summed E-state index contributed by atoms with van der Waals surface area (Å²) < 4.78 is 56.1. The van der Waals surface area contributed by atoms with Crippen LogP contribution in [0.2, 0.25) is 0 Å². The highest BCUT2D eigenvalue weighted by Gasteiger charge is 2.20. The van der Waals surface area contributed by atoms with Gasteiger partial charge in [0.05, 0.1) is 41.8 Å². The lowest BCUT2D eigenvalue weighted by Gasteiger charge is -2.13. The standard InChI is InChI=1S/C23H20F2N4O3S/c24-19-6-7-20(29-33(31,32)14-15-4-2-1-3-5-15)23(25)18(19)11-22(30)28-12-17-10-16-8-9-26-21(16)13-27-17/h1-10,13,26,29H,11-12,14H2,(H,28,30). The highest BCUT2D eigenvalue weighted by molar-refractivity contribution is 7.91. The molecule has 0 aliphatic heterocycles. The van der Waals surface area contributed by atoms with E-state index in [1.165, 1.54) is 0 Å². The first-order valence-corrected chi connectivity index (χ1v) is 11.7. The van der Waals surface area contributed by atoms with Crippen LogP contribution in [0.1, 0.15) is 16.8 Å². The van der Waals surface area contributed by atoms with Gasteiger partial charge < -0.3 is 10.3 Å². The first-order valence-electron chi connectivity index (χ1n) is 10.0. The molecule has 0 aliphatic carbocycles. The molecule has 0 atom stereocenters. The summed E-state index contributed by atoms with van der Waals surface area (Å²) in [6.45, 7) is 0.0760. The van der Waals surface area contributed by atoms with Crippen molar-refractivity contribution in [1.82, 2.24) is 15.3 Å². The Morgan fingerprint density at radius 2 is 1.85 bits per heavy atom. The summed E-state index contributed by atoms with van der Waals surface area (Å²) in [7, 11) is -3.95. The predicted octanol–water partition coefficient (Wildman–Crippen LogP) is 3.64. The van der Waals surface area contributed by atoms with Crippen LogP contribution in [0.3, 0.4) is 0 Å². The Hall–Kier alpha value is -3.79. The van der Waals surface area contributed by atoms with Gasteiger partial charge in [0.2, 0.25) is 15.9 Å². The fourth-order valence-corrected chi connectivity index (χ4v) is 4.54. The van der Waals surface area contributed by atoms with Gasteiger partial charge in [0.15, 0.2) is 5.82 Å². The van der Waals surface area contributed by atoms with Crippen molar-refractivity contribution in [3.8, 4) is 0 Å². The van der Waals surface area contributed by atoms with Crippen molar-refractivity contribution in [3.63, 3.8) is 0 Å². The van der Waals surface area contributed by atoms with Gasteiger partial charge in [0, 0.05) is 17.1 Å². The average molecular weight is 471 g/mol. The van der Waals surface area contributed by atoms with E-state index in [9.17, 15) is 22.0 Å². The first kappa shape index (κ1) is 22.4. The largest absolute Gasteiger partial charge is 0.360 e. The molecule has 0 radical (unpaired) electrons. The molecule has 170 valence electrons. The summed E-state index contributed by atoms with van der Waals surface area (Å²) in [5.74, 6) is -3.08. The minimum atomic E-state index is -3.95. The summed E-state index contributed by atoms with van der Waals surface area (Å²) in [4.78, 5) is 19.5. The fraction of sp³-hybridized carbons (Fsp3) is 0.130. The maximum Gasteiger partial charge on any atom is 0.237 e. The first-order chi connectivity index (χ1) is 15.8. The van der Waals surface area contributed by atoms with Crippen LogP contribution in [0, 0.1) is 11.6 Å². The number of carbonyl (C=O) groups is 1. The topological polar surface area (TPSA) is 104 Å². The third kappa shape index (κ3) is 5.53. The number of pyridine rings is 1. The molecule has 4 rings (SSSR count). The van der Waals surface area contributed by atoms with E-state index in [1.54, 1.807) is 48.8 Å². The lowest BCUT2D eigenvalue weighted by atomic mass is 10.1. The van der Waals surface area contributed by atoms with Crippen molar-refractivity contribution in [2.45, 2.75) is 18.7 Å². The van der Waals surface area contributed by atoms with Gasteiger partial charge >= 0.3 is 0 Å². The number of carbonyl (C=O) groups excluding carboxylic acids is 1. The fourth-order valence-electron chi connectivity index (χ4n) is 3.34. The number of nitrogens with zero attached hydrogens (tertiary/aromatic N) is 1. The predicted molar refractivity (Wildman–Crippen MR) is 121 cm³/mol. The Bertz CT molecular complexity index is 1410. The van der Waals surface area contributed by atoms with E-state index in [2.05, 4.69) is 20.0 Å². The molecule has 0 saturated heterocycles. The van der Waals surface area contributed by atoms with Crippen molar-refractivity contribution in [1.29, 1.82) is 0 Å². The Labute approximate surface area is 188 Å². The monoisotopic (exact) mass is 470 g/mol. The van der Waals surface area contributed by atoms with Gasteiger partial charge in [-0.05, 0) is 29.8 Å². The number of sulfonamides is 1. The van der Waals surface area contributed by atoms with Crippen LogP contribution in [-0.2, 0) is 33.5 Å². The summed E-state index contributed by atoms with van der Waals surface area (Å²) in [5, 5.41) is 3.49. The number of anilines is 1. The Morgan fingerprint density at radius 3 is 2.64 bits per heavy atom. The Kier molecular flexibility index (Phi) is 6.36. The van der Waals surface area contributed by atoms with Crippen LogP contribution in [0.4, 0.5) is 14.5 Å². The van der Waals surface area contributed by atoms with Gasteiger partial charge in [-0.3, -0.25) is 14.5 Å². The smallest absolute Gasteiger partial charge is 0.237 e. The van der Waals surface area contributed by atoms with E-state index < -0.39 is 45.2 Å². The van der Waals surface area contributed by atoms with Gasteiger partial charge in [-0.2, -0.15) is 0 Å².